The van der Waals surface area contributed by atoms with Crippen LogP contribution in [0.15, 0.2) is 18.2 Å². The predicted molar refractivity (Wildman–Crippen MR) is 108 cm³/mol. The van der Waals surface area contributed by atoms with Gasteiger partial charge in [0.1, 0.15) is 11.6 Å². The third kappa shape index (κ3) is 4.24. The topological polar surface area (TPSA) is 87.7 Å². The molecule has 1 saturated heterocycles. The number of aromatic nitrogens is 2. The normalized spacial score (nSPS) is 16.8. The number of morpholine rings is 1. The Morgan fingerprint density at radius 2 is 1.88 bits per heavy atom. The van der Waals surface area contributed by atoms with E-state index >= 15 is 0 Å². The van der Waals surface area contributed by atoms with Gasteiger partial charge in [0.2, 0.25) is 0 Å². The zero-order chi connectivity index (χ0) is 22.8. The molecule has 0 spiro atoms. The van der Waals surface area contributed by atoms with Crippen molar-refractivity contribution in [3.8, 4) is 0 Å². The van der Waals surface area contributed by atoms with Gasteiger partial charge < -0.3 is 19.9 Å². The molecule has 0 radical (unpaired) electrons. The SMILES string of the molecule is CC(Nc1nc(C=O)nc2c1CN(C(=O)N1CCOCC1)C2)c1cccc(C(F)F)c1F. The van der Waals surface area contributed by atoms with Gasteiger partial charge in [0, 0.05) is 24.2 Å². The summed E-state index contributed by atoms with van der Waals surface area (Å²) >= 11 is 0. The second kappa shape index (κ2) is 9.11. The number of halogens is 3. The van der Waals surface area contributed by atoms with Crippen molar-refractivity contribution in [2.24, 2.45) is 0 Å². The molecular weight excluding hydrogens is 427 g/mol. The molecule has 0 bridgehead atoms. The van der Waals surface area contributed by atoms with Crippen LogP contribution < -0.4 is 5.32 Å². The Bertz CT molecular complexity index is 1030. The molecule has 2 aliphatic heterocycles. The van der Waals surface area contributed by atoms with Crippen LogP contribution in [-0.4, -0.2) is 58.4 Å². The summed E-state index contributed by atoms with van der Waals surface area (Å²) in [5.74, 6) is -0.808. The summed E-state index contributed by atoms with van der Waals surface area (Å²) in [5.41, 5.74) is 0.483. The molecule has 2 amide bonds. The molecule has 8 nitrogen and oxygen atoms in total. The summed E-state index contributed by atoms with van der Waals surface area (Å²) < 4.78 is 46.0. The lowest BCUT2D eigenvalue weighted by Crippen LogP contribution is -2.46. The van der Waals surface area contributed by atoms with E-state index in [9.17, 15) is 22.8 Å². The van der Waals surface area contributed by atoms with Crippen LogP contribution in [0.4, 0.5) is 23.8 Å². The Kier molecular flexibility index (Phi) is 6.26. The number of carbonyl (C=O) groups is 2. The summed E-state index contributed by atoms with van der Waals surface area (Å²) in [6.45, 7) is 3.92. The molecule has 11 heteroatoms. The minimum Gasteiger partial charge on any atom is -0.378 e. The molecule has 1 fully saturated rings. The van der Waals surface area contributed by atoms with E-state index in [4.69, 9.17) is 4.74 Å². The highest BCUT2D eigenvalue weighted by Crippen LogP contribution is 2.32. The van der Waals surface area contributed by atoms with Gasteiger partial charge in [-0.2, -0.15) is 0 Å². The molecule has 3 heterocycles. The van der Waals surface area contributed by atoms with Crippen molar-refractivity contribution in [2.45, 2.75) is 32.5 Å². The number of anilines is 1. The summed E-state index contributed by atoms with van der Waals surface area (Å²) in [7, 11) is 0. The number of amides is 2. The van der Waals surface area contributed by atoms with Crippen LogP contribution in [0.3, 0.4) is 0 Å². The summed E-state index contributed by atoms with van der Waals surface area (Å²) in [5, 5.41) is 3.01. The molecule has 32 heavy (non-hydrogen) atoms. The Hall–Kier alpha value is -3.21. The van der Waals surface area contributed by atoms with Gasteiger partial charge >= 0.3 is 6.03 Å². The first-order valence-electron chi connectivity index (χ1n) is 10.2. The molecule has 1 aromatic heterocycles. The van der Waals surface area contributed by atoms with Crippen LogP contribution in [0.5, 0.6) is 0 Å². The molecule has 0 aliphatic carbocycles. The van der Waals surface area contributed by atoms with Crippen LogP contribution in [0, 0.1) is 5.82 Å². The van der Waals surface area contributed by atoms with Crippen LogP contribution in [0.25, 0.3) is 0 Å². The number of aldehydes is 1. The number of alkyl halides is 2. The number of rotatable bonds is 5. The molecule has 1 aromatic carbocycles. The third-order valence-corrected chi connectivity index (χ3v) is 5.57. The molecule has 170 valence electrons. The predicted octanol–water partition coefficient (Wildman–Crippen LogP) is 3.31. The highest BCUT2D eigenvalue weighted by molar-refractivity contribution is 5.76. The number of nitrogens with one attached hydrogen (secondary N) is 1. The fraction of sp³-hybridized carbons (Fsp3) is 0.429. The number of carbonyl (C=O) groups excluding carboxylic acids is 2. The number of ether oxygens (including phenoxy) is 1. The Morgan fingerprint density at radius 3 is 2.56 bits per heavy atom. The van der Waals surface area contributed by atoms with E-state index in [0.717, 1.165) is 6.07 Å². The minimum absolute atomic E-state index is 0.0436. The van der Waals surface area contributed by atoms with E-state index < -0.39 is 23.8 Å². The number of fused-ring (bicyclic) bond motifs is 1. The molecular formula is C21H22F3N5O3. The first-order chi connectivity index (χ1) is 15.4. The Balaban J connectivity index is 1.59. The highest BCUT2D eigenvalue weighted by atomic mass is 19.3. The summed E-state index contributed by atoms with van der Waals surface area (Å²) in [4.78, 5) is 35.9. The van der Waals surface area contributed by atoms with Crippen molar-refractivity contribution in [3.63, 3.8) is 0 Å². The zero-order valence-electron chi connectivity index (χ0n) is 17.4. The van der Waals surface area contributed by atoms with Gasteiger partial charge in [-0.05, 0) is 6.92 Å². The van der Waals surface area contributed by atoms with Gasteiger partial charge in [0.15, 0.2) is 12.1 Å². The van der Waals surface area contributed by atoms with Gasteiger partial charge in [-0.25, -0.2) is 27.9 Å². The average Bonchev–Trinajstić information content (AvgIpc) is 3.23. The van der Waals surface area contributed by atoms with Gasteiger partial charge in [-0.3, -0.25) is 4.79 Å². The van der Waals surface area contributed by atoms with Crippen LogP contribution in [0.2, 0.25) is 0 Å². The number of benzene rings is 1. The first-order valence-corrected chi connectivity index (χ1v) is 10.2. The van der Waals surface area contributed by atoms with Crippen molar-refractivity contribution in [2.75, 3.05) is 31.6 Å². The molecule has 2 aromatic rings. The van der Waals surface area contributed by atoms with E-state index in [-0.39, 0.29) is 36.3 Å². The summed E-state index contributed by atoms with van der Waals surface area (Å²) in [6, 6.07) is 2.92. The van der Waals surface area contributed by atoms with Gasteiger partial charge in [-0.1, -0.05) is 18.2 Å². The lowest BCUT2D eigenvalue weighted by Gasteiger charge is -2.30. The zero-order valence-corrected chi connectivity index (χ0v) is 17.4. The number of hydrogen-bond donors (Lipinski definition) is 1. The number of nitrogens with zero attached hydrogens (tertiary/aromatic N) is 4. The van der Waals surface area contributed by atoms with Gasteiger partial charge in [0.05, 0.1) is 43.6 Å². The van der Waals surface area contributed by atoms with Crippen molar-refractivity contribution >= 4 is 18.1 Å². The van der Waals surface area contributed by atoms with E-state index in [0.29, 0.717) is 43.8 Å². The molecule has 1 N–H and O–H groups in total. The van der Waals surface area contributed by atoms with E-state index in [1.54, 1.807) is 16.7 Å². The van der Waals surface area contributed by atoms with E-state index in [2.05, 4.69) is 15.3 Å². The molecule has 4 rings (SSSR count). The molecule has 2 aliphatic rings. The highest BCUT2D eigenvalue weighted by Gasteiger charge is 2.32. The first kappa shape index (κ1) is 22.0. The maximum Gasteiger partial charge on any atom is 0.320 e. The average molecular weight is 449 g/mol. The minimum atomic E-state index is -2.94. The monoisotopic (exact) mass is 449 g/mol. The lowest BCUT2D eigenvalue weighted by atomic mass is 10.0. The van der Waals surface area contributed by atoms with Crippen LogP contribution >= 0.6 is 0 Å². The van der Waals surface area contributed by atoms with Crippen molar-refractivity contribution in [1.82, 2.24) is 19.8 Å². The standard InChI is InChI=1S/C21H22F3N5O3/c1-12(13-3-2-4-14(18(13)22)19(23)24)25-20-15-9-29(10-16(15)26-17(11-30)27-20)21(31)28-5-7-32-8-6-28/h2-4,11-12,19H,5-10H2,1H3,(H,25,26,27). The fourth-order valence-electron chi connectivity index (χ4n) is 3.89. The largest absolute Gasteiger partial charge is 0.378 e. The third-order valence-electron chi connectivity index (χ3n) is 5.57. The maximum atomic E-state index is 14.6. The van der Waals surface area contributed by atoms with Gasteiger partial charge in [0.25, 0.3) is 6.43 Å². The van der Waals surface area contributed by atoms with Crippen molar-refractivity contribution in [1.29, 1.82) is 0 Å². The second-order valence-electron chi connectivity index (χ2n) is 7.63. The quantitative estimate of drug-likeness (QED) is 0.705. The molecule has 0 saturated carbocycles. The summed E-state index contributed by atoms with van der Waals surface area (Å²) in [6.07, 6.45) is -2.45. The smallest absolute Gasteiger partial charge is 0.320 e. The lowest BCUT2D eigenvalue weighted by molar-refractivity contribution is 0.0429. The molecule has 1 unspecified atom stereocenters. The van der Waals surface area contributed by atoms with E-state index in [1.165, 1.54) is 12.1 Å². The molecule has 1 atom stereocenters. The Labute approximate surface area is 182 Å². The van der Waals surface area contributed by atoms with E-state index in [1.807, 2.05) is 0 Å². The number of hydrogen-bond acceptors (Lipinski definition) is 6. The van der Waals surface area contributed by atoms with Gasteiger partial charge in [-0.15, -0.1) is 0 Å². The van der Waals surface area contributed by atoms with Crippen LogP contribution in [0.1, 0.15) is 52.4 Å². The van der Waals surface area contributed by atoms with Crippen molar-refractivity contribution in [3.05, 3.63) is 52.2 Å². The maximum absolute atomic E-state index is 14.6. The fourth-order valence-corrected chi connectivity index (χ4v) is 3.89. The van der Waals surface area contributed by atoms with Crippen molar-refractivity contribution < 1.29 is 27.5 Å². The van der Waals surface area contributed by atoms with Crippen LogP contribution in [-0.2, 0) is 17.8 Å². The Morgan fingerprint density at radius 1 is 1.16 bits per heavy atom. The second-order valence-corrected chi connectivity index (χ2v) is 7.63. The number of urea groups is 1.